The number of ether oxygens (including phenoxy) is 2. The zero-order chi connectivity index (χ0) is 23.7. The van der Waals surface area contributed by atoms with Crippen LogP contribution in [0, 0.1) is 6.92 Å². The second-order valence-corrected chi connectivity index (χ2v) is 9.47. The lowest BCUT2D eigenvalue weighted by molar-refractivity contribution is 0.216. The maximum atomic E-state index is 13.1. The SMILES string of the molecule is CCc1cc(C)cc(OCCOc2ccc(Cl)cc2/C=c2\sc3nc4ccccc4n3c2=O)c1. The molecule has 0 atom stereocenters. The van der Waals surface area contributed by atoms with Crippen molar-refractivity contribution < 1.29 is 9.47 Å². The molecule has 5 nitrogen and oxygen atoms in total. The molecule has 0 spiro atoms. The topological polar surface area (TPSA) is 52.8 Å². The number of rotatable bonds is 7. The van der Waals surface area contributed by atoms with Crippen LogP contribution in [0.3, 0.4) is 0 Å². The number of nitrogens with zero attached hydrogens (tertiary/aromatic N) is 2. The minimum absolute atomic E-state index is 0.103. The molecule has 34 heavy (non-hydrogen) atoms. The third kappa shape index (κ3) is 4.52. The highest BCUT2D eigenvalue weighted by molar-refractivity contribution is 7.15. The second-order valence-electron chi connectivity index (χ2n) is 8.02. The molecule has 0 bridgehead atoms. The minimum atomic E-state index is -0.103. The molecule has 7 heteroatoms. The van der Waals surface area contributed by atoms with Crippen molar-refractivity contribution in [2.75, 3.05) is 13.2 Å². The molecule has 0 unspecified atom stereocenters. The Morgan fingerprint density at radius 2 is 1.88 bits per heavy atom. The Bertz CT molecular complexity index is 1610. The third-order valence-electron chi connectivity index (χ3n) is 5.53. The number of hydrogen-bond acceptors (Lipinski definition) is 5. The molecule has 0 amide bonds. The van der Waals surface area contributed by atoms with Crippen LogP contribution in [0.15, 0.2) is 65.5 Å². The fourth-order valence-electron chi connectivity index (χ4n) is 3.94. The molecular weight excluding hydrogens is 468 g/mol. The molecule has 5 aromatic rings. The van der Waals surface area contributed by atoms with Crippen molar-refractivity contribution in [2.24, 2.45) is 0 Å². The fraction of sp³-hybridized carbons (Fsp3) is 0.185. The number of halogens is 1. The molecule has 0 radical (unpaired) electrons. The largest absolute Gasteiger partial charge is 0.490 e. The van der Waals surface area contributed by atoms with E-state index in [0.29, 0.717) is 33.5 Å². The fourth-order valence-corrected chi connectivity index (χ4v) is 5.10. The highest BCUT2D eigenvalue weighted by atomic mass is 35.5. The summed E-state index contributed by atoms with van der Waals surface area (Å²) in [6.07, 6.45) is 2.77. The van der Waals surface area contributed by atoms with Gasteiger partial charge < -0.3 is 9.47 Å². The summed E-state index contributed by atoms with van der Waals surface area (Å²) in [6, 6.07) is 19.3. The Morgan fingerprint density at radius 3 is 2.74 bits per heavy atom. The van der Waals surface area contributed by atoms with Gasteiger partial charge in [0.1, 0.15) is 24.7 Å². The summed E-state index contributed by atoms with van der Waals surface area (Å²) < 4.78 is 14.1. The van der Waals surface area contributed by atoms with E-state index in [4.69, 9.17) is 21.1 Å². The first-order valence-electron chi connectivity index (χ1n) is 11.1. The lowest BCUT2D eigenvalue weighted by Crippen LogP contribution is -2.22. The maximum Gasteiger partial charge on any atom is 0.274 e. The average molecular weight is 491 g/mol. The third-order valence-corrected chi connectivity index (χ3v) is 6.74. The van der Waals surface area contributed by atoms with Crippen LogP contribution in [0.1, 0.15) is 23.6 Å². The van der Waals surface area contributed by atoms with E-state index >= 15 is 0 Å². The molecule has 0 aliphatic rings. The number of para-hydroxylation sites is 2. The van der Waals surface area contributed by atoms with Gasteiger partial charge in [-0.25, -0.2) is 9.38 Å². The van der Waals surface area contributed by atoms with Crippen LogP contribution in [-0.4, -0.2) is 22.6 Å². The first-order chi connectivity index (χ1) is 16.5. The number of imidazole rings is 1. The number of aryl methyl sites for hydroxylation is 2. The predicted molar refractivity (Wildman–Crippen MR) is 139 cm³/mol. The van der Waals surface area contributed by atoms with Crippen LogP contribution in [0.5, 0.6) is 11.5 Å². The van der Waals surface area contributed by atoms with Gasteiger partial charge in [-0.2, -0.15) is 0 Å². The van der Waals surface area contributed by atoms with Crippen molar-refractivity contribution >= 4 is 45.0 Å². The molecule has 0 fully saturated rings. The minimum Gasteiger partial charge on any atom is -0.490 e. The van der Waals surface area contributed by atoms with E-state index in [9.17, 15) is 4.79 Å². The molecule has 3 aromatic carbocycles. The zero-order valence-corrected chi connectivity index (χ0v) is 20.4. The molecule has 5 rings (SSSR count). The van der Waals surface area contributed by atoms with Gasteiger partial charge in [-0.1, -0.05) is 48.1 Å². The molecule has 2 aromatic heterocycles. The van der Waals surface area contributed by atoms with Gasteiger partial charge in [0.05, 0.1) is 15.6 Å². The normalized spacial score (nSPS) is 12.0. The number of fused-ring (bicyclic) bond motifs is 3. The molecule has 0 aliphatic carbocycles. The Hall–Kier alpha value is -3.35. The van der Waals surface area contributed by atoms with Gasteiger partial charge in [-0.15, -0.1) is 0 Å². The predicted octanol–water partition coefficient (Wildman–Crippen LogP) is 5.44. The van der Waals surface area contributed by atoms with Crippen LogP contribution in [-0.2, 0) is 6.42 Å². The summed E-state index contributed by atoms with van der Waals surface area (Å²) in [5.74, 6) is 1.48. The number of thiazole rings is 1. The Labute approximate surface area is 205 Å². The number of aromatic nitrogens is 2. The van der Waals surface area contributed by atoms with Crippen LogP contribution in [0.2, 0.25) is 5.02 Å². The van der Waals surface area contributed by atoms with Crippen molar-refractivity contribution in [3.05, 3.63) is 97.3 Å². The molecule has 0 saturated heterocycles. The molecule has 0 N–H and O–H groups in total. The molecular formula is C27H23ClN2O3S. The summed E-state index contributed by atoms with van der Waals surface area (Å²) in [7, 11) is 0. The van der Waals surface area contributed by atoms with Crippen LogP contribution in [0.25, 0.3) is 22.1 Å². The van der Waals surface area contributed by atoms with E-state index in [1.54, 1.807) is 16.5 Å². The van der Waals surface area contributed by atoms with E-state index in [-0.39, 0.29) is 5.56 Å². The van der Waals surface area contributed by atoms with Gasteiger partial charge >= 0.3 is 0 Å². The second kappa shape index (κ2) is 9.49. The van der Waals surface area contributed by atoms with Gasteiger partial charge in [0.15, 0.2) is 4.96 Å². The summed E-state index contributed by atoms with van der Waals surface area (Å²) in [6.45, 7) is 4.95. The van der Waals surface area contributed by atoms with E-state index in [1.807, 2.05) is 42.5 Å². The van der Waals surface area contributed by atoms with Crippen molar-refractivity contribution in [1.29, 1.82) is 0 Å². The number of benzene rings is 3. The van der Waals surface area contributed by atoms with Gasteiger partial charge in [0, 0.05) is 10.6 Å². The summed E-state index contributed by atoms with van der Waals surface area (Å²) in [5.41, 5.74) is 4.67. The Kier molecular flexibility index (Phi) is 6.26. The lowest BCUT2D eigenvalue weighted by Gasteiger charge is -2.12. The average Bonchev–Trinajstić information content (AvgIpc) is 3.33. The summed E-state index contributed by atoms with van der Waals surface area (Å²) in [5, 5.41) is 0.570. The molecule has 0 saturated carbocycles. The van der Waals surface area contributed by atoms with Crippen LogP contribution in [0.4, 0.5) is 0 Å². The van der Waals surface area contributed by atoms with Gasteiger partial charge in [-0.05, 0) is 73.0 Å². The number of hydrogen-bond donors (Lipinski definition) is 0. The van der Waals surface area contributed by atoms with Crippen molar-refractivity contribution in [3.63, 3.8) is 0 Å². The summed E-state index contributed by atoms with van der Waals surface area (Å²) in [4.78, 5) is 18.3. The smallest absolute Gasteiger partial charge is 0.274 e. The van der Waals surface area contributed by atoms with Gasteiger partial charge in [0.2, 0.25) is 0 Å². The first kappa shape index (κ1) is 22.4. The van der Waals surface area contributed by atoms with Gasteiger partial charge in [0.25, 0.3) is 5.56 Å². The zero-order valence-electron chi connectivity index (χ0n) is 18.9. The molecule has 0 aliphatic heterocycles. The van der Waals surface area contributed by atoms with Crippen molar-refractivity contribution in [3.8, 4) is 11.5 Å². The Morgan fingerprint density at radius 1 is 1.06 bits per heavy atom. The molecule has 2 heterocycles. The quantitative estimate of drug-likeness (QED) is 0.285. The van der Waals surface area contributed by atoms with E-state index in [1.165, 1.54) is 22.5 Å². The van der Waals surface area contributed by atoms with Crippen molar-refractivity contribution in [1.82, 2.24) is 9.38 Å². The van der Waals surface area contributed by atoms with Gasteiger partial charge in [-0.3, -0.25) is 4.79 Å². The van der Waals surface area contributed by atoms with Crippen molar-refractivity contribution in [2.45, 2.75) is 20.3 Å². The highest BCUT2D eigenvalue weighted by Gasteiger charge is 2.12. The first-order valence-corrected chi connectivity index (χ1v) is 12.3. The monoisotopic (exact) mass is 490 g/mol. The van der Waals surface area contributed by atoms with Crippen LogP contribution < -0.4 is 19.6 Å². The van der Waals surface area contributed by atoms with E-state index in [0.717, 1.165) is 28.8 Å². The molecule has 172 valence electrons. The maximum absolute atomic E-state index is 13.1. The standard InChI is InChI=1S/C27H23ClN2O3S/c1-3-18-12-17(2)13-21(14-18)32-10-11-33-24-9-8-20(28)15-19(24)16-25-26(31)30-23-7-5-4-6-22(23)29-27(30)34-25/h4-9,12-16H,3,10-11H2,1-2H3/b25-16-. The van der Waals surface area contributed by atoms with E-state index < -0.39 is 0 Å². The summed E-state index contributed by atoms with van der Waals surface area (Å²) >= 11 is 7.60. The Balaban J connectivity index is 1.38. The van der Waals surface area contributed by atoms with E-state index in [2.05, 4.69) is 31.0 Å². The highest BCUT2D eigenvalue weighted by Crippen LogP contribution is 2.24. The van der Waals surface area contributed by atoms with Crippen LogP contribution >= 0.6 is 22.9 Å². The lowest BCUT2D eigenvalue weighted by atomic mass is 10.1.